The van der Waals surface area contributed by atoms with Gasteiger partial charge in [0.25, 0.3) is 0 Å². The van der Waals surface area contributed by atoms with Gasteiger partial charge in [0, 0.05) is 12.8 Å². The van der Waals surface area contributed by atoms with Crippen LogP contribution in [0.1, 0.15) is 83.5 Å². The zero-order valence-corrected chi connectivity index (χ0v) is 14.2. The molecule has 0 aliphatic carbocycles. The maximum Gasteiger partial charge on any atom is 0.303 e. The van der Waals surface area contributed by atoms with Crippen molar-refractivity contribution in [2.24, 2.45) is 5.73 Å². The number of aliphatic hydroxyl groups excluding tert-OH is 1. The lowest BCUT2D eigenvalue weighted by Crippen LogP contribution is -2.10. The van der Waals surface area contributed by atoms with Gasteiger partial charge in [0.1, 0.15) is 0 Å². The van der Waals surface area contributed by atoms with E-state index in [1.165, 1.54) is 0 Å². The van der Waals surface area contributed by atoms with E-state index in [0.717, 1.165) is 64.2 Å². The number of hydrogen-bond acceptors (Lipinski definition) is 3. The molecule has 0 rings (SSSR count). The number of primary amides is 1. The number of amides is 1. The lowest BCUT2D eigenvalue weighted by atomic mass is 10.1. The van der Waals surface area contributed by atoms with Gasteiger partial charge in [-0.1, -0.05) is 44.3 Å². The molecule has 0 saturated heterocycles. The highest BCUT2D eigenvalue weighted by atomic mass is 16.4. The molecule has 5 heteroatoms. The molecule has 0 heterocycles. The molecule has 0 bridgehead atoms. The third-order valence-corrected chi connectivity index (χ3v) is 3.80. The van der Waals surface area contributed by atoms with Crippen molar-refractivity contribution in [2.45, 2.75) is 89.6 Å². The van der Waals surface area contributed by atoms with Crippen LogP contribution >= 0.6 is 0 Å². The number of carbonyl (C=O) groups is 2. The monoisotopic (exact) mass is 327 g/mol. The van der Waals surface area contributed by atoms with Crippen molar-refractivity contribution in [3.8, 4) is 0 Å². The highest BCUT2D eigenvalue weighted by molar-refractivity contribution is 5.73. The van der Waals surface area contributed by atoms with Crippen molar-refractivity contribution >= 4 is 11.9 Å². The van der Waals surface area contributed by atoms with Crippen molar-refractivity contribution in [1.29, 1.82) is 0 Å². The first-order valence-corrected chi connectivity index (χ1v) is 8.85. The number of aliphatic hydroxyl groups is 1. The summed E-state index contributed by atoms with van der Waals surface area (Å²) in [6.45, 7) is 0. The van der Waals surface area contributed by atoms with Crippen LogP contribution in [0.25, 0.3) is 0 Å². The summed E-state index contributed by atoms with van der Waals surface area (Å²) in [5, 5.41) is 18.3. The molecule has 0 unspecified atom stereocenters. The van der Waals surface area contributed by atoms with E-state index in [1.54, 1.807) is 0 Å². The molecule has 4 N–H and O–H groups in total. The number of carboxylic acid groups (broad SMARTS) is 1. The second kappa shape index (κ2) is 15.5. The predicted octanol–water partition coefficient (Wildman–Crippen LogP) is 3.54. The first-order chi connectivity index (χ1) is 11.0. The number of unbranched alkanes of at least 4 members (excludes halogenated alkanes) is 7. The number of allylic oxidation sites excluding steroid dienone is 1. The third-order valence-electron chi connectivity index (χ3n) is 3.80. The molecule has 1 atom stereocenters. The summed E-state index contributed by atoms with van der Waals surface area (Å²) in [4.78, 5) is 20.9. The summed E-state index contributed by atoms with van der Waals surface area (Å²) in [5.41, 5.74) is 5.06. The summed E-state index contributed by atoms with van der Waals surface area (Å²) in [7, 11) is 0. The normalized spacial score (nSPS) is 12.6. The van der Waals surface area contributed by atoms with Gasteiger partial charge >= 0.3 is 5.97 Å². The maximum absolute atomic E-state index is 10.6. The summed E-state index contributed by atoms with van der Waals surface area (Å²) in [5.74, 6) is -0.963. The third kappa shape index (κ3) is 18.6. The van der Waals surface area contributed by atoms with Crippen LogP contribution in [0, 0.1) is 0 Å². The van der Waals surface area contributed by atoms with Crippen molar-refractivity contribution in [1.82, 2.24) is 0 Å². The number of carboxylic acids is 1. The van der Waals surface area contributed by atoms with Crippen LogP contribution in [0.4, 0.5) is 0 Å². The zero-order chi connectivity index (χ0) is 17.3. The molecular formula is C18H33NO4. The minimum Gasteiger partial charge on any atom is -0.481 e. The fourth-order valence-corrected chi connectivity index (χ4v) is 2.41. The molecular weight excluding hydrogens is 294 g/mol. The van der Waals surface area contributed by atoms with Gasteiger partial charge in [-0.05, 0) is 38.5 Å². The van der Waals surface area contributed by atoms with Crippen LogP contribution in [-0.2, 0) is 9.59 Å². The van der Waals surface area contributed by atoms with Gasteiger partial charge in [-0.3, -0.25) is 9.59 Å². The summed E-state index contributed by atoms with van der Waals surface area (Å²) in [6.07, 6.45) is 14.8. The van der Waals surface area contributed by atoms with Gasteiger partial charge in [-0.15, -0.1) is 0 Å². The Hall–Kier alpha value is -1.36. The van der Waals surface area contributed by atoms with Crippen LogP contribution in [0.3, 0.4) is 0 Å². The van der Waals surface area contributed by atoms with Crippen LogP contribution in [0.15, 0.2) is 12.2 Å². The zero-order valence-electron chi connectivity index (χ0n) is 14.2. The number of rotatable bonds is 16. The van der Waals surface area contributed by atoms with Gasteiger partial charge in [0.15, 0.2) is 0 Å². The van der Waals surface area contributed by atoms with Crippen LogP contribution in [0.5, 0.6) is 0 Å². The second-order valence-electron chi connectivity index (χ2n) is 6.13. The van der Waals surface area contributed by atoms with Crippen molar-refractivity contribution in [2.75, 3.05) is 0 Å². The van der Waals surface area contributed by atoms with E-state index < -0.39 is 5.97 Å². The molecule has 0 saturated carbocycles. The molecule has 0 aromatic carbocycles. The molecule has 0 aromatic rings. The molecule has 0 radical (unpaired) electrons. The largest absolute Gasteiger partial charge is 0.481 e. The standard InChI is InChI=1S/C18H33NO4/c19-17(21)14-10-7-9-13-16(20)12-8-5-3-1-2-4-6-11-15-18(22)23/h5,8,16,20H,1-4,6-7,9-15H2,(H2,19,21)(H,22,23)/t16-/m0/s1. The van der Waals surface area contributed by atoms with Crippen molar-refractivity contribution in [3.63, 3.8) is 0 Å². The highest BCUT2D eigenvalue weighted by Gasteiger charge is 2.02. The van der Waals surface area contributed by atoms with Crippen LogP contribution in [-0.4, -0.2) is 28.2 Å². The van der Waals surface area contributed by atoms with Gasteiger partial charge in [0.2, 0.25) is 5.91 Å². The Labute approximate surface area is 140 Å². The van der Waals surface area contributed by atoms with E-state index in [-0.39, 0.29) is 18.4 Å². The average Bonchev–Trinajstić information content (AvgIpc) is 2.48. The molecule has 1 amide bonds. The Bertz CT molecular complexity index is 342. The summed E-state index contributed by atoms with van der Waals surface area (Å²) >= 11 is 0. The van der Waals surface area contributed by atoms with E-state index in [9.17, 15) is 14.7 Å². The van der Waals surface area contributed by atoms with Gasteiger partial charge < -0.3 is 15.9 Å². The van der Waals surface area contributed by atoms with Crippen LogP contribution in [0.2, 0.25) is 0 Å². The van der Waals surface area contributed by atoms with E-state index in [2.05, 4.69) is 6.08 Å². The lowest BCUT2D eigenvalue weighted by molar-refractivity contribution is -0.137. The molecule has 5 nitrogen and oxygen atoms in total. The van der Waals surface area contributed by atoms with E-state index in [1.807, 2.05) is 6.08 Å². The number of carbonyl (C=O) groups excluding carboxylic acids is 1. The SMILES string of the molecule is NC(=O)CCCCC[C@@H](O)CC=CCCCCCCCC(=O)O. The topological polar surface area (TPSA) is 101 Å². The van der Waals surface area contributed by atoms with E-state index in [4.69, 9.17) is 10.8 Å². The van der Waals surface area contributed by atoms with E-state index in [0.29, 0.717) is 12.8 Å². The van der Waals surface area contributed by atoms with E-state index >= 15 is 0 Å². The Kier molecular flexibility index (Phi) is 14.6. The van der Waals surface area contributed by atoms with Crippen molar-refractivity contribution in [3.05, 3.63) is 12.2 Å². The number of aliphatic carboxylic acids is 1. The minimum absolute atomic E-state index is 0.254. The number of hydrogen-bond donors (Lipinski definition) is 3. The Balaban J connectivity index is 3.31. The predicted molar refractivity (Wildman–Crippen MR) is 92.0 cm³/mol. The number of nitrogens with two attached hydrogens (primary N) is 1. The Morgan fingerprint density at radius 3 is 2.17 bits per heavy atom. The second-order valence-corrected chi connectivity index (χ2v) is 6.13. The maximum atomic E-state index is 10.6. The first kappa shape index (κ1) is 21.6. The summed E-state index contributed by atoms with van der Waals surface area (Å²) in [6, 6.07) is 0. The fourth-order valence-electron chi connectivity index (χ4n) is 2.41. The molecule has 134 valence electrons. The Morgan fingerprint density at radius 1 is 0.870 bits per heavy atom. The first-order valence-electron chi connectivity index (χ1n) is 8.85. The molecule has 23 heavy (non-hydrogen) atoms. The lowest BCUT2D eigenvalue weighted by Gasteiger charge is -2.07. The van der Waals surface area contributed by atoms with Gasteiger partial charge in [-0.25, -0.2) is 0 Å². The van der Waals surface area contributed by atoms with Gasteiger partial charge in [0.05, 0.1) is 6.10 Å². The van der Waals surface area contributed by atoms with Crippen LogP contribution < -0.4 is 5.73 Å². The molecule has 0 spiro atoms. The average molecular weight is 327 g/mol. The summed E-state index contributed by atoms with van der Waals surface area (Å²) < 4.78 is 0. The molecule has 0 aromatic heterocycles. The Morgan fingerprint density at radius 2 is 1.48 bits per heavy atom. The minimum atomic E-state index is -0.709. The smallest absolute Gasteiger partial charge is 0.303 e. The molecule has 0 aliphatic rings. The molecule has 0 aliphatic heterocycles. The van der Waals surface area contributed by atoms with Gasteiger partial charge in [-0.2, -0.15) is 0 Å². The van der Waals surface area contributed by atoms with Crippen molar-refractivity contribution < 1.29 is 19.8 Å². The fraction of sp³-hybridized carbons (Fsp3) is 0.778. The highest BCUT2D eigenvalue weighted by Crippen LogP contribution is 2.10. The quantitative estimate of drug-likeness (QED) is 0.298. The molecule has 0 fully saturated rings.